The second kappa shape index (κ2) is 12.7. The molecule has 4 heterocycles. The molecular formula is C29H34N8O3. The van der Waals surface area contributed by atoms with Crippen molar-refractivity contribution in [2.75, 3.05) is 49.6 Å². The monoisotopic (exact) mass is 542 g/mol. The fraction of sp³-hybridized carbons (Fsp3) is 0.310. The minimum Gasteiger partial charge on any atom is -0.450 e. The van der Waals surface area contributed by atoms with Crippen molar-refractivity contribution in [1.82, 2.24) is 24.8 Å². The van der Waals surface area contributed by atoms with E-state index < -0.39 is 5.69 Å². The van der Waals surface area contributed by atoms with E-state index in [0.717, 1.165) is 49.3 Å². The molecule has 4 N–H and O–H groups in total. The number of morpholine rings is 1. The molecule has 0 aliphatic carbocycles. The Bertz CT molecular complexity index is 1460. The summed E-state index contributed by atoms with van der Waals surface area (Å²) in [5.74, 6) is 1.97. The number of ether oxygens (including phenoxy) is 2. The van der Waals surface area contributed by atoms with Gasteiger partial charge in [0.2, 0.25) is 5.95 Å². The summed E-state index contributed by atoms with van der Waals surface area (Å²) in [6.45, 7) is 11.0. The van der Waals surface area contributed by atoms with E-state index in [2.05, 4.69) is 37.1 Å². The lowest BCUT2D eigenvalue weighted by atomic mass is 10.1. The summed E-state index contributed by atoms with van der Waals surface area (Å²) in [5.41, 5.74) is 9.33. The van der Waals surface area contributed by atoms with Gasteiger partial charge in [0, 0.05) is 37.6 Å². The molecule has 0 unspecified atom stereocenters. The Labute approximate surface area is 233 Å². The molecule has 0 spiro atoms. The van der Waals surface area contributed by atoms with Crippen LogP contribution in [0.5, 0.6) is 5.75 Å². The molecule has 0 amide bonds. The molecule has 1 aromatic carbocycles. The number of benzene rings is 1. The molecule has 1 fully saturated rings. The first-order valence-corrected chi connectivity index (χ1v) is 13.3. The van der Waals surface area contributed by atoms with E-state index in [4.69, 9.17) is 15.2 Å². The lowest BCUT2D eigenvalue weighted by molar-refractivity contribution is 0.122. The van der Waals surface area contributed by atoms with Gasteiger partial charge in [-0.15, -0.1) is 0 Å². The van der Waals surface area contributed by atoms with E-state index in [1.807, 2.05) is 37.3 Å². The van der Waals surface area contributed by atoms with Gasteiger partial charge >= 0.3 is 5.69 Å². The molecule has 0 radical (unpaired) electrons. The van der Waals surface area contributed by atoms with Crippen LogP contribution in [0.1, 0.15) is 24.5 Å². The number of nitrogens with two attached hydrogens (primary N) is 1. The minimum atomic E-state index is -0.419. The summed E-state index contributed by atoms with van der Waals surface area (Å²) in [7, 11) is 0. The first-order chi connectivity index (χ1) is 19.6. The zero-order valence-electron chi connectivity index (χ0n) is 22.6. The van der Waals surface area contributed by atoms with E-state index in [0.29, 0.717) is 54.4 Å². The number of fused-ring (bicyclic) bond motifs is 1. The van der Waals surface area contributed by atoms with Gasteiger partial charge in [-0.05, 0) is 61.9 Å². The number of anilines is 2. The SMILES string of the molecule is C=CC1=C(/C=C(\C)c2cnc(N3CCOCC3)nc2)Nc2nc(=O)n(-c3ccc(CNCCCN)cc3)cc2O1. The predicted octanol–water partition coefficient (Wildman–Crippen LogP) is 2.60. The van der Waals surface area contributed by atoms with Crippen molar-refractivity contribution in [2.45, 2.75) is 19.9 Å². The quantitative estimate of drug-likeness (QED) is 0.328. The van der Waals surface area contributed by atoms with Gasteiger partial charge in [-0.2, -0.15) is 4.98 Å². The van der Waals surface area contributed by atoms with E-state index in [-0.39, 0.29) is 0 Å². The highest BCUT2D eigenvalue weighted by Crippen LogP contribution is 2.32. The Hall–Kier alpha value is -4.32. The fourth-order valence-corrected chi connectivity index (χ4v) is 4.39. The molecule has 40 heavy (non-hydrogen) atoms. The Kier molecular flexibility index (Phi) is 8.65. The third-order valence-corrected chi connectivity index (χ3v) is 6.67. The lowest BCUT2D eigenvalue weighted by Crippen LogP contribution is -2.37. The molecule has 0 bridgehead atoms. The van der Waals surface area contributed by atoms with Crippen LogP contribution in [0.15, 0.2) is 77.8 Å². The van der Waals surface area contributed by atoms with Crippen molar-refractivity contribution in [2.24, 2.45) is 5.73 Å². The molecule has 0 saturated carbocycles. The molecule has 11 nitrogen and oxygen atoms in total. The molecule has 5 rings (SSSR count). The summed E-state index contributed by atoms with van der Waals surface area (Å²) < 4.78 is 13.0. The number of hydrogen-bond donors (Lipinski definition) is 3. The number of rotatable bonds is 10. The van der Waals surface area contributed by atoms with Crippen LogP contribution in [0.25, 0.3) is 11.3 Å². The van der Waals surface area contributed by atoms with Crippen molar-refractivity contribution in [1.29, 1.82) is 0 Å². The van der Waals surface area contributed by atoms with Crippen LogP contribution in [0.3, 0.4) is 0 Å². The summed E-state index contributed by atoms with van der Waals surface area (Å²) in [5, 5.41) is 6.57. The van der Waals surface area contributed by atoms with Gasteiger partial charge in [0.25, 0.3) is 0 Å². The highest BCUT2D eigenvalue weighted by molar-refractivity contribution is 5.70. The molecule has 11 heteroatoms. The standard InChI is InChI=1S/C29H34N8O3/c1-3-25-24(15-20(2)22-17-32-28(33-18-22)36-11-13-39-14-12-36)34-27-26(40-25)19-37(29(38)35-27)23-7-5-21(6-8-23)16-31-10-4-9-30/h3,5-8,15,17-19,31H,1,4,9-14,16,30H2,2H3,(H,34,35,38)/b20-15+. The average Bonchev–Trinajstić information content (AvgIpc) is 2.99. The van der Waals surface area contributed by atoms with Crippen molar-refractivity contribution in [3.05, 3.63) is 94.7 Å². The Balaban J connectivity index is 1.32. The molecule has 2 aliphatic rings. The normalized spacial score (nSPS) is 15.3. The van der Waals surface area contributed by atoms with Crippen LogP contribution in [0.4, 0.5) is 11.8 Å². The van der Waals surface area contributed by atoms with Crippen molar-refractivity contribution >= 4 is 17.3 Å². The van der Waals surface area contributed by atoms with E-state index >= 15 is 0 Å². The smallest absolute Gasteiger partial charge is 0.354 e. The molecular weight excluding hydrogens is 508 g/mol. The summed E-state index contributed by atoms with van der Waals surface area (Å²) in [6.07, 6.45) is 9.69. The fourth-order valence-electron chi connectivity index (χ4n) is 4.39. The molecule has 1 saturated heterocycles. The molecule has 0 atom stereocenters. The Morgan fingerprint density at radius 1 is 1.20 bits per heavy atom. The predicted molar refractivity (Wildman–Crippen MR) is 155 cm³/mol. The molecule has 3 aromatic rings. The number of aromatic nitrogens is 4. The van der Waals surface area contributed by atoms with E-state index in [1.54, 1.807) is 24.7 Å². The van der Waals surface area contributed by atoms with Crippen LogP contribution in [0.2, 0.25) is 0 Å². The Morgan fingerprint density at radius 2 is 1.95 bits per heavy atom. The summed E-state index contributed by atoms with van der Waals surface area (Å²) in [4.78, 5) is 28.4. The topological polar surface area (TPSA) is 132 Å². The van der Waals surface area contributed by atoms with Gasteiger partial charge in [0.05, 0.1) is 30.8 Å². The second-order valence-corrected chi connectivity index (χ2v) is 9.50. The maximum Gasteiger partial charge on any atom is 0.354 e. The summed E-state index contributed by atoms with van der Waals surface area (Å²) in [6, 6.07) is 7.74. The first kappa shape index (κ1) is 27.3. The van der Waals surface area contributed by atoms with Crippen LogP contribution in [-0.4, -0.2) is 58.9 Å². The van der Waals surface area contributed by atoms with Gasteiger partial charge in [-0.3, -0.25) is 4.57 Å². The third kappa shape index (κ3) is 6.28. The lowest BCUT2D eigenvalue weighted by Gasteiger charge is -2.26. The van der Waals surface area contributed by atoms with Crippen LogP contribution < -0.4 is 31.7 Å². The van der Waals surface area contributed by atoms with Gasteiger partial charge < -0.3 is 30.7 Å². The zero-order chi connectivity index (χ0) is 27.9. The van der Waals surface area contributed by atoms with Gasteiger partial charge in [-0.1, -0.05) is 18.7 Å². The maximum atomic E-state index is 12.9. The molecule has 208 valence electrons. The third-order valence-electron chi connectivity index (χ3n) is 6.67. The first-order valence-electron chi connectivity index (χ1n) is 13.3. The summed E-state index contributed by atoms with van der Waals surface area (Å²) >= 11 is 0. The van der Waals surface area contributed by atoms with Crippen molar-refractivity contribution < 1.29 is 9.47 Å². The van der Waals surface area contributed by atoms with Gasteiger partial charge in [0.1, 0.15) is 0 Å². The molecule has 2 aliphatic heterocycles. The van der Waals surface area contributed by atoms with Crippen LogP contribution >= 0.6 is 0 Å². The number of allylic oxidation sites excluding steroid dienone is 3. The van der Waals surface area contributed by atoms with Gasteiger partial charge in [-0.25, -0.2) is 14.8 Å². The number of nitrogens with one attached hydrogen (secondary N) is 2. The van der Waals surface area contributed by atoms with Crippen molar-refractivity contribution in [3.8, 4) is 11.4 Å². The number of hydrogen-bond acceptors (Lipinski definition) is 10. The molecule has 2 aromatic heterocycles. The van der Waals surface area contributed by atoms with E-state index in [1.165, 1.54) is 4.57 Å². The van der Waals surface area contributed by atoms with Crippen LogP contribution in [-0.2, 0) is 11.3 Å². The largest absolute Gasteiger partial charge is 0.450 e. The highest BCUT2D eigenvalue weighted by atomic mass is 16.5. The number of nitrogens with zero attached hydrogens (tertiary/aromatic N) is 5. The van der Waals surface area contributed by atoms with Crippen molar-refractivity contribution in [3.63, 3.8) is 0 Å². The Morgan fingerprint density at radius 3 is 2.65 bits per heavy atom. The maximum absolute atomic E-state index is 12.9. The van der Waals surface area contributed by atoms with Crippen LogP contribution in [0, 0.1) is 0 Å². The minimum absolute atomic E-state index is 0.338. The van der Waals surface area contributed by atoms with Gasteiger partial charge in [0.15, 0.2) is 17.3 Å². The highest BCUT2D eigenvalue weighted by Gasteiger charge is 2.21. The average molecular weight is 543 g/mol. The second-order valence-electron chi connectivity index (χ2n) is 9.50. The van der Waals surface area contributed by atoms with E-state index in [9.17, 15) is 4.79 Å². The zero-order valence-corrected chi connectivity index (χ0v) is 22.6.